The number of carbonyl (C=O) groups excluding carboxylic acids is 1. The van der Waals surface area contributed by atoms with E-state index in [1.807, 2.05) is 23.6 Å². The SMILES string of the molecule is CN(C(=O)/C=C/c1cc(Br)cs1)[C@@H]1CC[C@@]2(O)[C@H]3Cc4ccc(O)c5c4[C@@]2(CC(C#N)N3CC2CC2)[C@H]1O5. The van der Waals surface area contributed by atoms with Crippen molar-refractivity contribution in [1.82, 2.24) is 9.80 Å². The van der Waals surface area contributed by atoms with Crippen LogP contribution in [-0.2, 0) is 16.6 Å². The molecule has 1 aromatic heterocycles. The van der Waals surface area contributed by atoms with Gasteiger partial charge in [-0.2, -0.15) is 5.26 Å². The zero-order valence-corrected chi connectivity index (χ0v) is 23.5. The fourth-order valence-electron chi connectivity index (χ4n) is 7.86. The average Bonchev–Trinajstić information content (AvgIpc) is 3.51. The Bertz CT molecular complexity index is 1400. The van der Waals surface area contributed by atoms with Crippen molar-refractivity contribution in [2.24, 2.45) is 5.92 Å². The number of ether oxygens (including phenoxy) is 1. The van der Waals surface area contributed by atoms with Crippen molar-refractivity contribution in [3.05, 3.63) is 50.1 Å². The molecule has 3 heterocycles. The van der Waals surface area contributed by atoms with E-state index in [4.69, 9.17) is 4.74 Å². The summed E-state index contributed by atoms with van der Waals surface area (Å²) in [6, 6.07) is 7.30. The summed E-state index contributed by atoms with van der Waals surface area (Å²) in [5.41, 5.74) is -0.0348. The third kappa shape index (κ3) is 3.33. The summed E-state index contributed by atoms with van der Waals surface area (Å²) >= 11 is 5.01. The summed E-state index contributed by atoms with van der Waals surface area (Å²) in [4.78, 5) is 18.3. The molecule has 6 atom stereocenters. The highest BCUT2D eigenvalue weighted by Gasteiger charge is 2.75. The predicted octanol–water partition coefficient (Wildman–Crippen LogP) is 4.21. The van der Waals surface area contributed by atoms with Gasteiger partial charge in [0.05, 0.1) is 29.2 Å². The number of amides is 1. The quantitative estimate of drug-likeness (QED) is 0.503. The summed E-state index contributed by atoms with van der Waals surface area (Å²) in [5, 5.41) is 35.8. The van der Waals surface area contributed by atoms with Crippen LogP contribution in [0.3, 0.4) is 0 Å². The van der Waals surface area contributed by atoms with Gasteiger partial charge in [-0.05, 0) is 84.1 Å². The van der Waals surface area contributed by atoms with Gasteiger partial charge >= 0.3 is 0 Å². The number of likely N-dealkylation sites (N-methyl/N-ethyl adjacent to an activating group) is 1. The standard InChI is InChI=1S/C29H30BrN3O4S/c1-32(24(35)7-5-20-11-18(30)15-38-20)21-8-9-29(36)23-10-17-4-6-22(34)26-25(17)28(29,27(21)37-26)12-19(13-31)33(23)14-16-2-3-16/h4-7,11,15-16,19,21,23,27,34,36H,2-3,8-10,12,14H2,1H3/b7-5+/t19?,21-,23-,27+,28+,29-/m1/s1. The number of nitrogens with zero attached hydrogens (tertiary/aromatic N) is 3. The number of hydrogen-bond donors (Lipinski definition) is 2. The fraction of sp³-hybridized carbons (Fsp3) is 0.517. The second-order valence-electron chi connectivity index (χ2n) is 11.6. The molecule has 7 nitrogen and oxygen atoms in total. The van der Waals surface area contributed by atoms with E-state index < -0.39 is 17.1 Å². The predicted molar refractivity (Wildman–Crippen MR) is 147 cm³/mol. The molecule has 1 aromatic carbocycles. The molecule has 38 heavy (non-hydrogen) atoms. The van der Waals surface area contributed by atoms with E-state index in [1.54, 1.807) is 35.4 Å². The van der Waals surface area contributed by atoms with Crippen LogP contribution < -0.4 is 4.74 Å². The van der Waals surface area contributed by atoms with Crippen LogP contribution in [-0.4, -0.2) is 69.3 Å². The number of thiophene rings is 1. The summed E-state index contributed by atoms with van der Waals surface area (Å²) in [5.74, 6) is 0.925. The van der Waals surface area contributed by atoms with Gasteiger partial charge in [0.1, 0.15) is 6.10 Å². The van der Waals surface area contributed by atoms with Gasteiger partial charge in [-0.1, -0.05) is 6.07 Å². The molecule has 198 valence electrons. The molecule has 1 spiro atoms. The number of piperidine rings is 1. The van der Waals surface area contributed by atoms with Gasteiger partial charge < -0.3 is 19.8 Å². The highest BCUT2D eigenvalue weighted by molar-refractivity contribution is 9.10. The third-order valence-electron chi connectivity index (χ3n) is 9.76. The Morgan fingerprint density at radius 1 is 1.39 bits per heavy atom. The van der Waals surface area contributed by atoms with Crippen molar-refractivity contribution >= 4 is 39.2 Å². The van der Waals surface area contributed by atoms with E-state index in [2.05, 4.69) is 26.9 Å². The van der Waals surface area contributed by atoms with Crippen molar-refractivity contribution in [3.8, 4) is 17.6 Å². The smallest absolute Gasteiger partial charge is 0.246 e. The lowest BCUT2D eigenvalue weighted by atomic mass is 9.47. The van der Waals surface area contributed by atoms with Crippen LogP contribution >= 0.6 is 27.3 Å². The molecule has 2 saturated carbocycles. The van der Waals surface area contributed by atoms with Gasteiger partial charge in [0.2, 0.25) is 5.91 Å². The second kappa shape index (κ2) is 8.56. The highest BCUT2D eigenvalue weighted by Crippen LogP contribution is 2.66. The molecule has 2 bridgehead atoms. The van der Waals surface area contributed by atoms with E-state index in [0.717, 1.165) is 27.0 Å². The van der Waals surface area contributed by atoms with E-state index in [9.17, 15) is 20.3 Å². The van der Waals surface area contributed by atoms with Gasteiger partial charge in [-0.3, -0.25) is 9.69 Å². The molecule has 9 heteroatoms. The number of hydrogen-bond acceptors (Lipinski definition) is 7. The topological polar surface area (TPSA) is 97.0 Å². The van der Waals surface area contributed by atoms with Gasteiger partial charge in [0, 0.05) is 46.0 Å². The van der Waals surface area contributed by atoms with Crippen LogP contribution in [0.2, 0.25) is 0 Å². The first-order chi connectivity index (χ1) is 18.3. The number of benzene rings is 1. The highest BCUT2D eigenvalue weighted by atomic mass is 79.9. The lowest BCUT2D eigenvalue weighted by Crippen LogP contribution is -2.79. The Morgan fingerprint density at radius 2 is 2.21 bits per heavy atom. The Labute approximate surface area is 234 Å². The Hall–Kier alpha value is -2.38. The van der Waals surface area contributed by atoms with Gasteiger partial charge in [-0.25, -0.2) is 0 Å². The van der Waals surface area contributed by atoms with Crippen LogP contribution in [0, 0.1) is 17.2 Å². The van der Waals surface area contributed by atoms with Crippen LogP contribution in [0.25, 0.3) is 6.08 Å². The van der Waals surface area contributed by atoms with Gasteiger partial charge in [0.15, 0.2) is 11.5 Å². The molecule has 7 rings (SSSR count). The minimum atomic E-state index is -1.11. The number of aromatic hydroxyl groups is 1. The molecule has 5 aliphatic rings. The number of nitriles is 1. The Balaban J connectivity index is 1.30. The van der Waals surface area contributed by atoms with E-state index in [-0.39, 0.29) is 29.8 Å². The minimum Gasteiger partial charge on any atom is -0.504 e. The maximum Gasteiger partial charge on any atom is 0.246 e. The van der Waals surface area contributed by atoms with Crippen molar-refractivity contribution in [1.29, 1.82) is 5.26 Å². The second-order valence-corrected chi connectivity index (χ2v) is 13.5. The van der Waals surface area contributed by atoms with Crippen molar-refractivity contribution in [2.45, 2.75) is 73.8 Å². The van der Waals surface area contributed by atoms with Gasteiger partial charge in [-0.15, -0.1) is 11.3 Å². The number of rotatable bonds is 5. The first-order valence-electron chi connectivity index (χ1n) is 13.4. The third-order valence-corrected chi connectivity index (χ3v) is 11.4. The minimum absolute atomic E-state index is 0.0538. The molecule has 0 radical (unpaired) electrons. The molecule has 2 N–H and O–H groups in total. The monoisotopic (exact) mass is 595 g/mol. The van der Waals surface area contributed by atoms with Gasteiger partial charge in [0.25, 0.3) is 0 Å². The molecule has 3 fully saturated rings. The molecule has 2 aromatic rings. The summed E-state index contributed by atoms with van der Waals surface area (Å²) < 4.78 is 7.57. The first-order valence-corrected chi connectivity index (χ1v) is 15.0. The maximum atomic E-state index is 13.4. The van der Waals surface area contributed by atoms with Crippen LogP contribution in [0.15, 0.2) is 34.1 Å². The van der Waals surface area contributed by atoms with Crippen molar-refractivity contribution in [3.63, 3.8) is 0 Å². The molecule has 1 amide bonds. The lowest BCUT2D eigenvalue weighted by molar-refractivity contribution is -0.207. The largest absolute Gasteiger partial charge is 0.504 e. The average molecular weight is 597 g/mol. The number of halogens is 1. The van der Waals surface area contributed by atoms with Crippen molar-refractivity contribution < 1.29 is 19.7 Å². The summed E-state index contributed by atoms with van der Waals surface area (Å²) in [7, 11) is 1.79. The molecule has 1 unspecified atom stereocenters. The molecule has 1 saturated heterocycles. The summed E-state index contributed by atoms with van der Waals surface area (Å²) in [6.07, 6.45) is 7.35. The summed E-state index contributed by atoms with van der Waals surface area (Å²) in [6.45, 7) is 0.832. The molecular formula is C29H30BrN3O4S. The van der Waals surface area contributed by atoms with Crippen LogP contribution in [0.5, 0.6) is 11.5 Å². The zero-order chi connectivity index (χ0) is 26.4. The molecular weight excluding hydrogens is 566 g/mol. The normalized spacial score (nSPS) is 35.0. The zero-order valence-electron chi connectivity index (χ0n) is 21.1. The number of carbonyl (C=O) groups is 1. The lowest BCUT2D eigenvalue weighted by Gasteiger charge is -2.65. The Kier molecular flexibility index (Phi) is 5.55. The maximum absolute atomic E-state index is 13.4. The van der Waals surface area contributed by atoms with Crippen LogP contribution in [0.4, 0.5) is 0 Å². The van der Waals surface area contributed by atoms with E-state index >= 15 is 0 Å². The number of phenols is 1. The van der Waals surface area contributed by atoms with Crippen molar-refractivity contribution in [2.75, 3.05) is 13.6 Å². The Morgan fingerprint density at radius 3 is 2.92 bits per heavy atom. The molecule has 3 aliphatic carbocycles. The number of phenolic OH excluding ortho intramolecular Hbond substituents is 1. The first kappa shape index (κ1) is 24.6. The van der Waals surface area contributed by atoms with E-state index in [0.29, 0.717) is 37.4 Å². The fourth-order valence-corrected chi connectivity index (χ4v) is 9.20. The van der Waals surface area contributed by atoms with Crippen LogP contribution in [0.1, 0.15) is 48.1 Å². The number of aliphatic hydroxyl groups is 1. The molecule has 2 aliphatic heterocycles. The van der Waals surface area contributed by atoms with E-state index in [1.165, 1.54) is 12.8 Å². The number of likely N-dealkylation sites (tertiary alicyclic amines) is 1.